The van der Waals surface area contributed by atoms with Crippen LogP contribution in [0.5, 0.6) is 5.88 Å². The van der Waals surface area contributed by atoms with Gasteiger partial charge >= 0.3 is 0 Å². The highest BCUT2D eigenvalue weighted by Crippen LogP contribution is 2.27. The molecule has 1 atom stereocenters. The molecule has 1 aliphatic heterocycles. The van der Waals surface area contributed by atoms with Crippen molar-refractivity contribution in [3.63, 3.8) is 0 Å². The number of benzene rings is 1. The molecule has 0 amide bonds. The largest absolute Gasteiger partial charge is 0.493 e. The second-order valence-corrected chi connectivity index (χ2v) is 5.43. The third-order valence-electron chi connectivity index (χ3n) is 3.81. The van der Waals surface area contributed by atoms with Crippen molar-refractivity contribution >= 4 is 0 Å². The summed E-state index contributed by atoms with van der Waals surface area (Å²) in [7, 11) is 0. The van der Waals surface area contributed by atoms with Gasteiger partial charge in [-0.3, -0.25) is 4.79 Å². The van der Waals surface area contributed by atoms with E-state index < -0.39 is 0 Å². The zero-order chi connectivity index (χ0) is 14.8. The van der Waals surface area contributed by atoms with Gasteiger partial charge in [0.1, 0.15) is 11.4 Å². The Morgan fingerprint density at radius 1 is 1.33 bits per heavy atom. The molecule has 5 heteroatoms. The summed E-state index contributed by atoms with van der Waals surface area (Å²) in [6.45, 7) is 3.25. The fourth-order valence-corrected chi connectivity index (χ4v) is 2.61. The zero-order valence-electron chi connectivity index (χ0n) is 11.9. The van der Waals surface area contributed by atoms with Gasteiger partial charge in [-0.15, -0.1) is 0 Å². The molecule has 2 heterocycles. The number of nitrogens with one attached hydrogen (secondary N) is 1. The van der Waals surface area contributed by atoms with Gasteiger partial charge in [-0.05, 0) is 25.3 Å². The topological polar surface area (TPSA) is 75.2 Å². The van der Waals surface area contributed by atoms with E-state index in [4.69, 9.17) is 4.74 Å². The second-order valence-electron chi connectivity index (χ2n) is 5.43. The number of rotatable bonds is 2. The molecular weight excluding hydrogens is 268 g/mol. The van der Waals surface area contributed by atoms with Crippen LogP contribution in [0, 0.1) is 6.92 Å². The molecule has 0 bridgehead atoms. The van der Waals surface area contributed by atoms with E-state index in [2.05, 4.69) is 9.97 Å². The minimum atomic E-state index is -0.313. The molecule has 0 radical (unpaired) electrons. The van der Waals surface area contributed by atoms with Crippen molar-refractivity contribution in [1.29, 1.82) is 0 Å². The van der Waals surface area contributed by atoms with Gasteiger partial charge in [-0.1, -0.05) is 29.8 Å². The highest BCUT2D eigenvalue weighted by molar-refractivity contribution is 5.67. The molecule has 21 heavy (non-hydrogen) atoms. The molecule has 2 N–H and O–H groups in total. The predicted octanol–water partition coefficient (Wildman–Crippen LogP) is 2.34. The summed E-state index contributed by atoms with van der Waals surface area (Å²) in [5.41, 5.74) is 1.67. The minimum absolute atomic E-state index is 0.0458. The molecule has 1 unspecified atom stereocenters. The predicted molar refractivity (Wildman–Crippen MR) is 79.5 cm³/mol. The lowest BCUT2D eigenvalue weighted by Crippen LogP contribution is -2.22. The third-order valence-corrected chi connectivity index (χ3v) is 3.81. The molecule has 1 aromatic carbocycles. The Balaban J connectivity index is 2.00. The van der Waals surface area contributed by atoms with Crippen LogP contribution in [0.4, 0.5) is 0 Å². The number of hydrogen-bond acceptors (Lipinski definition) is 4. The molecule has 2 aromatic rings. The summed E-state index contributed by atoms with van der Waals surface area (Å²) in [4.78, 5) is 19.3. The maximum Gasteiger partial charge on any atom is 0.262 e. The molecule has 5 nitrogen and oxygen atoms in total. The molecular formula is C16H18N2O3. The van der Waals surface area contributed by atoms with Crippen LogP contribution in [-0.4, -0.2) is 28.3 Å². The van der Waals surface area contributed by atoms with E-state index in [0.29, 0.717) is 18.0 Å². The van der Waals surface area contributed by atoms with Crippen LogP contribution in [0.3, 0.4) is 0 Å². The van der Waals surface area contributed by atoms with Gasteiger partial charge in [0.2, 0.25) is 5.88 Å². The van der Waals surface area contributed by atoms with Gasteiger partial charge in [0.25, 0.3) is 5.56 Å². The van der Waals surface area contributed by atoms with Crippen LogP contribution < -0.4 is 5.56 Å². The number of hydrogen-bond donors (Lipinski definition) is 2. The summed E-state index contributed by atoms with van der Waals surface area (Å²) in [5.74, 6) is 0.334. The first-order valence-corrected chi connectivity index (χ1v) is 7.13. The Bertz CT molecular complexity index is 686. The quantitative estimate of drug-likeness (QED) is 0.888. The van der Waals surface area contributed by atoms with Crippen LogP contribution in [0.2, 0.25) is 0 Å². The summed E-state index contributed by atoms with van der Waals surface area (Å²) in [5, 5.41) is 10.2. The highest BCUT2D eigenvalue weighted by atomic mass is 16.5. The summed E-state index contributed by atoms with van der Waals surface area (Å²) < 4.78 is 5.40. The number of aromatic amines is 1. The molecule has 0 spiro atoms. The molecule has 0 saturated carbocycles. The Labute approximate surface area is 122 Å². The standard InChI is InChI=1S/C16H18N2O3/c1-10-4-6-11(7-5-10)13-15(19)17-14(18-16(13)20)12-3-2-8-21-9-12/h4-7,12H,2-3,8-9H2,1H3,(H2,17,18,19,20). The molecule has 1 aliphatic rings. The van der Waals surface area contributed by atoms with Crippen LogP contribution in [0.25, 0.3) is 11.1 Å². The SMILES string of the molecule is Cc1ccc(-c2c(O)nc(C3CCCOC3)[nH]c2=O)cc1. The normalized spacial score (nSPS) is 18.6. The van der Waals surface area contributed by atoms with Crippen molar-refractivity contribution < 1.29 is 9.84 Å². The van der Waals surface area contributed by atoms with Crippen molar-refractivity contribution in [1.82, 2.24) is 9.97 Å². The minimum Gasteiger partial charge on any atom is -0.493 e. The van der Waals surface area contributed by atoms with Crippen LogP contribution in [0.1, 0.15) is 30.1 Å². The number of nitrogens with zero attached hydrogens (tertiary/aromatic N) is 1. The van der Waals surface area contributed by atoms with Crippen LogP contribution in [0.15, 0.2) is 29.1 Å². The number of aromatic hydroxyl groups is 1. The van der Waals surface area contributed by atoms with Gasteiger partial charge in [0, 0.05) is 12.5 Å². The van der Waals surface area contributed by atoms with Gasteiger partial charge in [-0.25, -0.2) is 0 Å². The molecule has 110 valence electrons. The van der Waals surface area contributed by atoms with E-state index in [1.54, 1.807) is 0 Å². The molecule has 1 aromatic heterocycles. The maximum atomic E-state index is 12.3. The number of aromatic nitrogens is 2. The van der Waals surface area contributed by atoms with Gasteiger partial charge < -0.3 is 14.8 Å². The monoisotopic (exact) mass is 286 g/mol. The first-order chi connectivity index (χ1) is 10.1. The average molecular weight is 286 g/mol. The Morgan fingerprint density at radius 3 is 2.71 bits per heavy atom. The van der Waals surface area contributed by atoms with Gasteiger partial charge in [-0.2, -0.15) is 4.98 Å². The Morgan fingerprint density at radius 2 is 2.10 bits per heavy atom. The Hall–Kier alpha value is -2.14. The summed E-state index contributed by atoms with van der Waals surface area (Å²) in [6, 6.07) is 7.42. The van der Waals surface area contributed by atoms with E-state index in [1.165, 1.54) is 0 Å². The van der Waals surface area contributed by atoms with E-state index in [0.717, 1.165) is 25.0 Å². The first-order valence-electron chi connectivity index (χ1n) is 7.13. The van der Waals surface area contributed by atoms with Crippen LogP contribution >= 0.6 is 0 Å². The maximum absolute atomic E-state index is 12.3. The second kappa shape index (κ2) is 5.69. The molecule has 0 aliphatic carbocycles. The van der Waals surface area contributed by atoms with E-state index in [-0.39, 0.29) is 22.9 Å². The fourth-order valence-electron chi connectivity index (χ4n) is 2.61. The number of ether oxygens (including phenoxy) is 1. The molecule has 1 fully saturated rings. The fraction of sp³-hybridized carbons (Fsp3) is 0.375. The highest BCUT2D eigenvalue weighted by Gasteiger charge is 2.21. The lowest BCUT2D eigenvalue weighted by atomic mass is 10.0. The average Bonchev–Trinajstić information content (AvgIpc) is 2.49. The van der Waals surface area contributed by atoms with E-state index in [9.17, 15) is 9.90 Å². The number of aryl methyl sites for hydroxylation is 1. The Kier molecular flexibility index (Phi) is 3.75. The van der Waals surface area contributed by atoms with Crippen molar-refractivity contribution in [2.24, 2.45) is 0 Å². The van der Waals surface area contributed by atoms with Crippen molar-refractivity contribution in [2.75, 3.05) is 13.2 Å². The molecule has 3 rings (SSSR count). The van der Waals surface area contributed by atoms with Gasteiger partial charge in [0.15, 0.2) is 0 Å². The van der Waals surface area contributed by atoms with Crippen molar-refractivity contribution in [3.05, 3.63) is 46.0 Å². The first kappa shape index (κ1) is 13.8. The van der Waals surface area contributed by atoms with E-state index in [1.807, 2.05) is 31.2 Å². The smallest absolute Gasteiger partial charge is 0.262 e. The summed E-state index contributed by atoms with van der Waals surface area (Å²) >= 11 is 0. The summed E-state index contributed by atoms with van der Waals surface area (Å²) in [6.07, 6.45) is 1.85. The van der Waals surface area contributed by atoms with Crippen molar-refractivity contribution in [3.8, 4) is 17.0 Å². The van der Waals surface area contributed by atoms with Crippen LogP contribution in [-0.2, 0) is 4.74 Å². The van der Waals surface area contributed by atoms with E-state index >= 15 is 0 Å². The number of H-pyrrole nitrogens is 1. The van der Waals surface area contributed by atoms with Crippen molar-refractivity contribution in [2.45, 2.75) is 25.7 Å². The molecule has 1 saturated heterocycles. The lowest BCUT2D eigenvalue weighted by molar-refractivity contribution is 0.0778. The lowest BCUT2D eigenvalue weighted by Gasteiger charge is -2.21. The third kappa shape index (κ3) is 2.83. The zero-order valence-corrected chi connectivity index (χ0v) is 11.9. The van der Waals surface area contributed by atoms with Gasteiger partial charge in [0.05, 0.1) is 6.61 Å².